The zero-order valence-corrected chi connectivity index (χ0v) is 6.33. The molecule has 0 heterocycles. The van der Waals surface area contributed by atoms with E-state index >= 15 is 0 Å². The number of hydrogen-bond donors (Lipinski definition) is 0. The van der Waals surface area contributed by atoms with Crippen LogP contribution in [0.15, 0.2) is 36.0 Å². The van der Waals surface area contributed by atoms with Gasteiger partial charge in [0, 0.05) is 0 Å². The van der Waals surface area contributed by atoms with Crippen LogP contribution in [0.4, 0.5) is 0 Å². The Labute approximate surface area is 70.8 Å². The Morgan fingerprint density at radius 2 is 1.67 bits per heavy atom. The number of rotatable bonds is 2. The topological polar surface area (TPSA) is 71.4 Å². The summed E-state index contributed by atoms with van der Waals surface area (Å²) in [6.45, 7) is 6.66. The highest BCUT2D eigenvalue weighted by Crippen LogP contribution is 2.11. The van der Waals surface area contributed by atoms with Gasteiger partial charge in [0.1, 0.15) is 12.1 Å². The van der Waals surface area contributed by atoms with Gasteiger partial charge in [0.2, 0.25) is 0 Å². The fraction of sp³-hybridized carbons (Fsp3) is 0. The Hall–Kier alpha value is -2.31. The fourth-order valence-electron chi connectivity index (χ4n) is 0.550. The third-order valence-corrected chi connectivity index (χ3v) is 1.14. The summed E-state index contributed by atoms with van der Waals surface area (Å²) in [5, 5.41) is 25.4. The smallest absolute Gasteiger partial charge is 0.102 e. The Bertz CT molecular complexity index is 366. The maximum absolute atomic E-state index is 8.54. The molecule has 0 aliphatic rings. The van der Waals surface area contributed by atoms with E-state index in [2.05, 4.69) is 13.2 Å². The molecule has 12 heavy (non-hydrogen) atoms. The average Bonchev–Trinajstić information content (AvgIpc) is 2.12. The van der Waals surface area contributed by atoms with Gasteiger partial charge < -0.3 is 0 Å². The monoisotopic (exact) mass is 155 g/mol. The summed E-state index contributed by atoms with van der Waals surface area (Å²) in [7, 11) is 0. The average molecular weight is 155 g/mol. The Balaban J connectivity index is 5.36. The van der Waals surface area contributed by atoms with E-state index in [0.717, 1.165) is 0 Å². The van der Waals surface area contributed by atoms with E-state index in [1.807, 2.05) is 0 Å². The second-order valence-corrected chi connectivity index (χ2v) is 1.81. The predicted molar refractivity (Wildman–Crippen MR) is 43.2 cm³/mol. The highest BCUT2D eigenvalue weighted by atomic mass is 14.3. The summed E-state index contributed by atoms with van der Waals surface area (Å²) in [6.07, 6.45) is 1.22. The van der Waals surface area contributed by atoms with Crippen molar-refractivity contribution < 1.29 is 0 Å². The van der Waals surface area contributed by atoms with Gasteiger partial charge in [0.15, 0.2) is 0 Å². The summed E-state index contributed by atoms with van der Waals surface area (Å²) in [6, 6.07) is 5.15. The molecule has 0 aromatic heterocycles. The van der Waals surface area contributed by atoms with Crippen LogP contribution in [-0.2, 0) is 0 Å². The van der Waals surface area contributed by atoms with E-state index < -0.39 is 0 Å². The number of nitrogens with zero attached hydrogens (tertiary/aromatic N) is 3. The van der Waals surface area contributed by atoms with Crippen molar-refractivity contribution in [1.82, 2.24) is 0 Å². The molecule has 0 bridgehead atoms. The SMILES string of the molecule is C=C/C(C#N)=C(/C#N)C(=C)C#N. The van der Waals surface area contributed by atoms with Crippen LogP contribution in [0.25, 0.3) is 0 Å². The van der Waals surface area contributed by atoms with Crippen molar-refractivity contribution in [3.8, 4) is 18.2 Å². The quantitative estimate of drug-likeness (QED) is 0.449. The van der Waals surface area contributed by atoms with Crippen molar-refractivity contribution in [1.29, 1.82) is 15.8 Å². The Morgan fingerprint density at radius 1 is 1.08 bits per heavy atom. The lowest BCUT2D eigenvalue weighted by atomic mass is 10.0. The molecule has 0 N–H and O–H groups in total. The van der Waals surface area contributed by atoms with Gasteiger partial charge >= 0.3 is 0 Å². The van der Waals surface area contributed by atoms with Crippen LogP contribution in [0, 0.1) is 34.0 Å². The molecule has 0 aromatic carbocycles. The minimum Gasteiger partial charge on any atom is -0.192 e. The van der Waals surface area contributed by atoms with Crippen LogP contribution >= 0.6 is 0 Å². The standard InChI is InChI=1S/C9H5N3/c1-3-8(5-11)9(6-12)7(2)4-10/h3H,1-2H2/b9-8+. The molecule has 3 nitrogen and oxygen atoms in total. The van der Waals surface area contributed by atoms with Crippen LogP contribution in [-0.4, -0.2) is 0 Å². The lowest BCUT2D eigenvalue weighted by molar-refractivity contribution is 1.41. The Kier molecular flexibility index (Phi) is 3.63. The molecule has 0 aromatic rings. The van der Waals surface area contributed by atoms with Crippen molar-refractivity contribution in [2.24, 2.45) is 0 Å². The fourth-order valence-corrected chi connectivity index (χ4v) is 0.550. The first kappa shape index (κ1) is 9.69. The summed E-state index contributed by atoms with van der Waals surface area (Å²) >= 11 is 0. The largest absolute Gasteiger partial charge is 0.192 e. The normalized spacial score (nSPS) is 9.75. The number of allylic oxidation sites excluding steroid dienone is 4. The van der Waals surface area contributed by atoms with Gasteiger partial charge in [-0.15, -0.1) is 0 Å². The van der Waals surface area contributed by atoms with Crippen LogP contribution < -0.4 is 0 Å². The van der Waals surface area contributed by atoms with E-state index in [4.69, 9.17) is 15.8 Å². The van der Waals surface area contributed by atoms with Gasteiger partial charge in [-0.25, -0.2) is 0 Å². The molecule has 0 rings (SSSR count). The molecule has 0 spiro atoms. The van der Waals surface area contributed by atoms with Crippen LogP contribution in [0.5, 0.6) is 0 Å². The summed E-state index contributed by atoms with van der Waals surface area (Å²) in [5.41, 5.74) is 0.0352. The summed E-state index contributed by atoms with van der Waals surface area (Å²) in [4.78, 5) is 0. The molecule has 0 unspecified atom stereocenters. The number of hydrogen-bond acceptors (Lipinski definition) is 3. The molecular formula is C9H5N3. The van der Waals surface area contributed by atoms with Crippen molar-refractivity contribution in [2.75, 3.05) is 0 Å². The first-order chi connectivity index (χ1) is 5.71. The Morgan fingerprint density at radius 3 is 1.92 bits per heavy atom. The second kappa shape index (κ2) is 4.50. The third kappa shape index (κ3) is 1.84. The van der Waals surface area contributed by atoms with E-state index in [1.165, 1.54) is 6.08 Å². The van der Waals surface area contributed by atoms with Gasteiger partial charge in [-0.3, -0.25) is 0 Å². The molecule has 0 fully saturated rings. The van der Waals surface area contributed by atoms with Gasteiger partial charge in [-0.05, 0) is 0 Å². The molecule has 0 saturated heterocycles. The molecule has 0 amide bonds. The highest BCUT2D eigenvalue weighted by Gasteiger charge is 2.05. The van der Waals surface area contributed by atoms with Gasteiger partial charge in [0.05, 0.1) is 22.8 Å². The van der Waals surface area contributed by atoms with Crippen LogP contribution in [0.2, 0.25) is 0 Å². The van der Waals surface area contributed by atoms with Gasteiger partial charge in [-0.2, -0.15) is 15.8 Å². The van der Waals surface area contributed by atoms with E-state index in [-0.39, 0.29) is 16.7 Å². The first-order valence-electron chi connectivity index (χ1n) is 2.97. The van der Waals surface area contributed by atoms with Crippen molar-refractivity contribution in [2.45, 2.75) is 0 Å². The minimum absolute atomic E-state index is 0.0185. The number of nitriles is 3. The van der Waals surface area contributed by atoms with E-state index in [0.29, 0.717) is 0 Å². The first-order valence-corrected chi connectivity index (χ1v) is 2.97. The maximum atomic E-state index is 8.54. The molecule has 0 aliphatic carbocycles. The van der Waals surface area contributed by atoms with Crippen molar-refractivity contribution >= 4 is 0 Å². The highest BCUT2D eigenvalue weighted by molar-refractivity contribution is 5.57. The zero-order valence-electron chi connectivity index (χ0n) is 6.33. The van der Waals surface area contributed by atoms with Gasteiger partial charge in [-0.1, -0.05) is 19.2 Å². The molecular weight excluding hydrogens is 150 g/mol. The molecule has 0 saturated carbocycles. The van der Waals surface area contributed by atoms with Crippen molar-refractivity contribution in [3.63, 3.8) is 0 Å². The predicted octanol–water partition coefficient (Wildman–Crippen LogP) is 1.60. The summed E-state index contributed by atoms with van der Waals surface area (Å²) < 4.78 is 0. The van der Waals surface area contributed by atoms with Gasteiger partial charge in [0.25, 0.3) is 0 Å². The molecule has 0 atom stereocenters. The lowest BCUT2D eigenvalue weighted by Gasteiger charge is -1.92. The molecule has 3 heteroatoms. The zero-order chi connectivity index (χ0) is 9.56. The lowest BCUT2D eigenvalue weighted by Crippen LogP contribution is -1.86. The van der Waals surface area contributed by atoms with Crippen molar-refractivity contribution in [3.05, 3.63) is 36.0 Å². The maximum Gasteiger partial charge on any atom is 0.102 e. The molecule has 56 valence electrons. The second-order valence-electron chi connectivity index (χ2n) is 1.81. The summed E-state index contributed by atoms with van der Waals surface area (Å²) in [5.74, 6) is 0. The van der Waals surface area contributed by atoms with E-state index in [1.54, 1.807) is 18.2 Å². The van der Waals surface area contributed by atoms with E-state index in [9.17, 15) is 0 Å². The van der Waals surface area contributed by atoms with Crippen LogP contribution in [0.3, 0.4) is 0 Å². The molecule has 0 radical (unpaired) electrons. The molecule has 0 aliphatic heterocycles. The van der Waals surface area contributed by atoms with Crippen LogP contribution in [0.1, 0.15) is 0 Å². The minimum atomic E-state index is -0.0195. The third-order valence-electron chi connectivity index (χ3n) is 1.14.